The molecule has 21 heavy (non-hydrogen) atoms. The number of carbonyl (C=O) groups excluding carboxylic acids is 1. The zero-order valence-electron chi connectivity index (χ0n) is 11.9. The first-order chi connectivity index (χ1) is 10.1. The summed E-state index contributed by atoms with van der Waals surface area (Å²) in [5.74, 6) is 1.07. The number of carbonyl (C=O) groups is 1. The van der Waals surface area contributed by atoms with E-state index in [1.807, 2.05) is 6.92 Å². The van der Waals surface area contributed by atoms with Gasteiger partial charge in [-0.3, -0.25) is 9.36 Å². The topological polar surface area (TPSA) is 79.0 Å². The summed E-state index contributed by atoms with van der Waals surface area (Å²) in [5, 5.41) is 9.76. The molecule has 7 nitrogen and oxygen atoms in total. The van der Waals surface area contributed by atoms with Crippen LogP contribution in [0.5, 0.6) is 0 Å². The van der Waals surface area contributed by atoms with E-state index in [2.05, 4.69) is 14.8 Å². The van der Waals surface area contributed by atoms with E-state index in [-0.39, 0.29) is 23.7 Å². The molecule has 1 saturated carbocycles. The van der Waals surface area contributed by atoms with Crippen molar-refractivity contribution in [3.8, 4) is 0 Å². The SMILES string of the molecule is CCOC(=O)c1csc(=O)n1Cc1nnc(C)n1C1CC1. The van der Waals surface area contributed by atoms with Gasteiger partial charge in [0.1, 0.15) is 11.5 Å². The van der Waals surface area contributed by atoms with Gasteiger partial charge < -0.3 is 9.30 Å². The van der Waals surface area contributed by atoms with Crippen LogP contribution in [0.25, 0.3) is 0 Å². The second kappa shape index (κ2) is 5.44. The molecule has 1 aliphatic rings. The minimum absolute atomic E-state index is 0.193. The molecule has 0 radical (unpaired) electrons. The number of hydrogen-bond acceptors (Lipinski definition) is 6. The van der Waals surface area contributed by atoms with Crippen LogP contribution in [0.4, 0.5) is 0 Å². The molecular formula is C13H16N4O3S. The van der Waals surface area contributed by atoms with E-state index in [1.165, 1.54) is 9.95 Å². The van der Waals surface area contributed by atoms with Crippen molar-refractivity contribution in [1.82, 2.24) is 19.3 Å². The van der Waals surface area contributed by atoms with Gasteiger partial charge in [-0.15, -0.1) is 10.2 Å². The van der Waals surface area contributed by atoms with Crippen LogP contribution >= 0.6 is 11.3 Å². The second-order valence-corrected chi connectivity index (χ2v) is 5.78. The Bertz CT molecular complexity index is 726. The van der Waals surface area contributed by atoms with Crippen LogP contribution in [0.2, 0.25) is 0 Å². The number of hydrogen-bond donors (Lipinski definition) is 0. The zero-order valence-corrected chi connectivity index (χ0v) is 12.7. The van der Waals surface area contributed by atoms with Gasteiger partial charge in [0.15, 0.2) is 5.82 Å². The Morgan fingerprint density at radius 1 is 1.48 bits per heavy atom. The van der Waals surface area contributed by atoms with Gasteiger partial charge in [0.25, 0.3) is 0 Å². The van der Waals surface area contributed by atoms with Crippen LogP contribution in [0.15, 0.2) is 10.2 Å². The Labute approximate surface area is 125 Å². The van der Waals surface area contributed by atoms with Gasteiger partial charge in [-0.05, 0) is 26.7 Å². The number of rotatable bonds is 5. The summed E-state index contributed by atoms with van der Waals surface area (Å²) in [6.07, 6.45) is 2.21. The molecule has 1 fully saturated rings. The first kappa shape index (κ1) is 14.0. The second-order valence-electron chi connectivity index (χ2n) is 4.96. The fourth-order valence-corrected chi connectivity index (χ4v) is 3.04. The van der Waals surface area contributed by atoms with Gasteiger partial charge in [-0.1, -0.05) is 11.3 Å². The average molecular weight is 308 g/mol. The molecule has 2 aromatic rings. The fourth-order valence-electron chi connectivity index (χ4n) is 2.32. The third kappa shape index (κ3) is 2.63. The summed E-state index contributed by atoms with van der Waals surface area (Å²) in [6, 6.07) is 0.426. The summed E-state index contributed by atoms with van der Waals surface area (Å²) < 4.78 is 8.44. The van der Waals surface area contributed by atoms with Crippen molar-refractivity contribution in [2.75, 3.05) is 6.61 Å². The van der Waals surface area contributed by atoms with Gasteiger partial charge in [0.2, 0.25) is 0 Å². The van der Waals surface area contributed by atoms with Crippen molar-refractivity contribution in [2.45, 2.75) is 39.3 Å². The molecule has 0 bridgehead atoms. The minimum Gasteiger partial charge on any atom is -0.461 e. The van der Waals surface area contributed by atoms with Crippen LogP contribution in [0, 0.1) is 6.92 Å². The lowest BCUT2D eigenvalue weighted by Gasteiger charge is -2.09. The summed E-state index contributed by atoms with van der Waals surface area (Å²) >= 11 is 0.990. The molecule has 0 aromatic carbocycles. The summed E-state index contributed by atoms with van der Waals surface area (Å²) in [5.41, 5.74) is 0.273. The van der Waals surface area contributed by atoms with E-state index in [4.69, 9.17) is 4.74 Å². The maximum atomic E-state index is 12.0. The summed E-state index contributed by atoms with van der Waals surface area (Å²) in [4.78, 5) is 23.7. The van der Waals surface area contributed by atoms with Crippen molar-refractivity contribution in [2.24, 2.45) is 0 Å². The quantitative estimate of drug-likeness (QED) is 0.779. The van der Waals surface area contributed by atoms with Gasteiger partial charge in [0, 0.05) is 11.4 Å². The molecule has 0 unspecified atom stereocenters. The van der Waals surface area contributed by atoms with Crippen LogP contribution in [0.1, 0.15) is 47.9 Å². The number of aryl methyl sites for hydroxylation is 1. The molecule has 2 aromatic heterocycles. The Morgan fingerprint density at radius 3 is 2.90 bits per heavy atom. The van der Waals surface area contributed by atoms with E-state index >= 15 is 0 Å². The van der Waals surface area contributed by atoms with Crippen molar-refractivity contribution >= 4 is 17.3 Å². The predicted molar refractivity (Wildman–Crippen MR) is 76.7 cm³/mol. The first-order valence-electron chi connectivity index (χ1n) is 6.87. The number of nitrogens with zero attached hydrogens (tertiary/aromatic N) is 4. The number of thiazole rings is 1. The molecule has 0 N–H and O–H groups in total. The average Bonchev–Trinajstić information content (AvgIpc) is 3.13. The van der Waals surface area contributed by atoms with E-state index in [0.29, 0.717) is 11.9 Å². The van der Waals surface area contributed by atoms with Crippen LogP contribution in [-0.2, 0) is 11.3 Å². The Balaban J connectivity index is 1.93. The van der Waals surface area contributed by atoms with Crippen molar-refractivity contribution < 1.29 is 9.53 Å². The summed E-state index contributed by atoms with van der Waals surface area (Å²) in [7, 11) is 0. The van der Waals surface area contributed by atoms with Gasteiger partial charge >= 0.3 is 10.8 Å². The number of ether oxygens (including phenoxy) is 1. The molecule has 3 rings (SSSR count). The van der Waals surface area contributed by atoms with Crippen LogP contribution < -0.4 is 4.87 Å². The van der Waals surface area contributed by atoms with Crippen molar-refractivity contribution in [3.05, 3.63) is 32.4 Å². The van der Waals surface area contributed by atoms with Crippen molar-refractivity contribution in [3.63, 3.8) is 0 Å². The Hall–Kier alpha value is -1.96. The molecular weight excluding hydrogens is 292 g/mol. The largest absolute Gasteiger partial charge is 0.461 e. The lowest BCUT2D eigenvalue weighted by atomic mass is 10.4. The molecule has 2 heterocycles. The fraction of sp³-hybridized carbons (Fsp3) is 0.538. The highest BCUT2D eigenvalue weighted by Gasteiger charge is 2.29. The van der Waals surface area contributed by atoms with Crippen molar-refractivity contribution in [1.29, 1.82) is 0 Å². The molecule has 0 aliphatic heterocycles. The highest BCUT2D eigenvalue weighted by Crippen LogP contribution is 2.36. The number of aromatic nitrogens is 4. The molecule has 0 spiro atoms. The van der Waals surface area contributed by atoms with Crippen LogP contribution in [-0.4, -0.2) is 31.9 Å². The molecule has 1 aliphatic carbocycles. The predicted octanol–water partition coefficient (Wildman–Crippen LogP) is 1.37. The third-order valence-electron chi connectivity index (χ3n) is 3.42. The summed E-state index contributed by atoms with van der Waals surface area (Å²) in [6.45, 7) is 4.16. The van der Waals surface area contributed by atoms with E-state index < -0.39 is 5.97 Å². The standard InChI is InChI=1S/C13H16N4O3S/c1-3-20-12(18)10-7-21-13(19)16(10)6-11-15-14-8(2)17(11)9-4-5-9/h7,9H,3-6H2,1-2H3. The monoisotopic (exact) mass is 308 g/mol. The Morgan fingerprint density at radius 2 is 2.24 bits per heavy atom. The molecule has 0 saturated heterocycles. The third-order valence-corrected chi connectivity index (χ3v) is 4.18. The minimum atomic E-state index is -0.481. The normalized spacial score (nSPS) is 14.4. The molecule has 8 heteroatoms. The number of esters is 1. The smallest absolute Gasteiger partial charge is 0.355 e. The van der Waals surface area contributed by atoms with E-state index in [9.17, 15) is 9.59 Å². The zero-order chi connectivity index (χ0) is 15.0. The highest BCUT2D eigenvalue weighted by atomic mass is 32.1. The first-order valence-corrected chi connectivity index (χ1v) is 7.75. The lowest BCUT2D eigenvalue weighted by molar-refractivity contribution is 0.0514. The van der Waals surface area contributed by atoms with Gasteiger partial charge in [0.05, 0.1) is 13.2 Å². The maximum Gasteiger partial charge on any atom is 0.355 e. The molecule has 0 amide bonds. The van der Waals surface area contributed by atoms with E-state index in [0.717, 1.165) is 30.0 Å². The molecule has 0 atom stereocenters. The van der Waals surface area contributed by atoms with Gasteiger partial charge in [-0.25, -0.2) is 4.79 Å². The Kier molecular flexibility index (Phi) is 3.62. The highest BCUT2D eigenvalue weighted by molar-refractivity contribution is 7.07. The van der Waals surface area contributed by atoms with Gasteiger partial charge in [-0.2, -0.15) is 0 Å². The van der Waals surface area contributed by atoms with E-state index in [1.54, 1.807) is 6.92 Å². The maximum absolute atomic E-state index is 12.0. The van der Waals surface area contributed by atoms with Crippen LogP contribution in [0.3, 0.4) is 0 Å². The molecule has 112 valence electrons. The lowest BCUT2D eigenvalue weighted by Crippen LogP contribution is -2.22.